The van der Waals surface area contributed by atoms with E-state index in [2.05, 4.69) is 39.8 Å². The van der Waals surface area contributed by atoms with Crippen molar-refractivity contribution in [2.24, 2.45) is 0 Å². The number of halogens is 1. The molecule has 1 aromatic heterocycles. The molecule has 2 aromatic rings. The maximum absolute atomic E-state index is 13.0. The number of carbonyl (C=O) groups excluding carboxylic acids is 1. The number of carbonyl (C=O) groups is 1. The summed E-state index contributed by atoms with van der Waals surface area (Å²) in [4.78, 5) is 17.2. The lowest BCUT2D eigenvalue weighted by Crippen LogP contribution is -2.39. The predicted octanol–water partition coefficient (Wildman–Crippen LogP) is 4.36. The topological polar surface area (TPSA) is 49.6 Å². The Morgan fingerprint density at radius 3 is 2.50 bits per heavy atom. The van der Waals surface area contributed by atoms with E-state index in [4.69, 9.17) is 4.52 Å². The van der Waals surface area contributed by atoms with Crippen LogP contribution in [0.4, 0.5) is 5.69 Å². The zero-order valence-corrected chi connectivity index (χ0v) is 17.7. The van der Waals surface area contributed by atoms with Gasteiger partial charge in [-0.25, -0.2) is 0 Å². The van der Waals surface area contributed by atoms with Crippen LogP contribution >= 0.6 is 15.9 Å². The summed E-state index contributed by atoms with van der Waals surface area (Å²) in [6.07, 6.45) is 1.09. The lowest BCUT2D eigenvalue weighted by molar-refractivity contribution is -0.118. The average Bonchev–Trinajstić information content (AvgIpc) is 2.95. The average molecular weight is 422 g/mol. The molecule has 0 saturated heterocycles. The third kappa shape index (κ3) is 5.42. The maximum atomic E-state index is 13.0. The Bertz CT molecular complexity index is 706. The Morgan fingerprint density at radius 1 is 1.19 bits per heavy atom. The quantitative estimate of drug-likeness (QED) is 0.603. The largest absolute Gasteiger partial charge is 0.361 e. The van der Waals surface area contributed by atoms with E-state index in [0.29, 0.717) is 19.4 Å². The molecule has 0 N–H and O–H groups in total. The summed E-state index contributed by atoms with van der Waals surface area (Å²) in [5, 5.41) is 3.98. The van der Waals surface area contributed by atoms with Gasteiger partial charge in [-0.15, -0.1) is 0 Å². The van der Waals surface area contributed by atoms with Gasteiger partial charge in [-0.1, -0.05) is 41.0 Å². The summed E-state index contributed by atoms with van der Waals surface area (Å²) in [7, 11) is 0. The highest BCUT2D eigenvalue weighted by Gasteiger charge is 2.19. The zero-order chi connectivity index (χ0) is 19.1. The van der Waals surface area contributed by atoms with Crippen molar-refractivity contribution in [3.05, 3.63) is 45.8 Å². The summed E-state index contributed by atoms with van der Waals surface area (Å²) in [6.45, 7) is 11.6. The molecule has 2 rings (SSSR count). The van der Waals surface area contributed by atoms with E-state index >= 15 is 0 Å². The molecular formula is C20H28BrN3O2. The van der Waals surface area contributed by atoms with E-state index in [1.807, 2.05) is 43.0 Å². The highest BCUT2D eigenvalue weighted by molar-refractivity contribution is 9.10. The number of hydrogen-bond donors (Lipinski definition) is 0. The van der Waals surface area contributed by atoms with Crippen LogP contribution in [-0.2, 0) is 11.2 Å². The minimum atomic E-state index is 0.121. The zero-order valence-electron chi connectivity index (χ0n) is 16.1. The molecular weight excluding hydrogens is 394 g/mol. The molecule has 0 bridgehead atoms. The number of hydrogen-bond acceptors (Lipinski definition) is 4. The van der Waals surface area contributed by atoms with Crippen molar-refractivity contribution in [3.8, 4) is 0 Å². The van der Waals surface area contributed by atoms with E-state index in [9.17, 15) is 4.79 Å². The lowest BCUT2D eigenvalue weighted by atomic mass is 10.1. The van der Waals surface area contributed by atoms with Crippen LogP contribution < -0.4 is 4.90 Å². The van der Waals surface area contributed by atoms with Gasteiger partial charge in [-0.2, -0.15) is 0 Å². The number of amides is 1. The number of rotatable bonds is 9. The Balaban J connectivity index is 2.12. The molecule has 0 saturated carbocycles. The van der Waals surface area contributed by atoms with E-state index in [1.54, 1.807) is 0 Å². The smallest absolute Gasteiger partial charge is 0.227 e. The standard InChI is InChI=1S/C20H28BrN3O2/c1-5-23(6-2)12-13-24(18-9-7-8-17(21)14-18)20(25)11-10-19-15(3)22-26-16(19)4/h7-9,14H,5-6,10-13H2,1-4H3. The minimum absolute atomic E-state index is 0.121. The van der Waals surface area contributed by atoms with Gasteiger partial charge in [0.2, 0.25) is 5.91 Å². The van der Waals surface area contributed by atoms with Crippen LogP contribution in [0.15, 0.2) is 33.3 Å². The molecule has 5 nitrogen and oxygen atoms in total. The third-order valence-corrected chi connectivity index (χ3v) is 5.22. The van der Waals surface area contributed by atoms with Crippen molar-refractivity contribution >= 4 is 27.5 Å². The molecule has 0 spiro atoms. The molecule has 0 radical (unpaired) electrons. The lowest BCUT2D eigenvalue weighted by Gasteiger charge is -2.27. The van der Waals surface area contributed by atoms with Gasteiger partial charge in [0.05, 0.1) is 5.69 Å². The van der Waals surface area contributed by atoms with Crippen molar-refractivity contribution < 1.29 is 9.32 Å². The molecule has 0 atom stereocenters. The molecule has 0 aliphatic heterocycles. The molecule has 1 heterocycles. The molecule has 142 valence electrons. The Hall–Kier alpha value is -1.66. The second-order valence-electron chi connectivity index (χ2n) is 6.35. The van der Waals surface area contributed by atoms with Gasteiger partial charge in [0.1, 0.15) is 5.76 Å². The molecule has 26 heavy (non-hydrogen) atoms. The fourth-order valence-corrected chi connectivity index (χ4v) is 3.44. The van der Waals surface area contributed by atoms with Crippen molar-refractivity contribution in [2.45, 2.75) is 40.5 Å². The van der Waals surface area contributed by atoms with Crippen molar-refractivity contribution in [1.29, 1.82) is 0 Å². The number of aryl methyl sites for hydroxylation is 2. The van der Waals surface area contributed by atoms with Gasteiger partial charge in [-0.05, 0) is 51.6 Å². The Morgan fingerprint density at radius 2 is 1.92 bits per heavy atom. The fraction of sp³-hybridized carbons (Fsp3) is 0.500. The van der Waals surface area contributed by atoms with Crippen molar-refractivity contribution in [3.63, 3.8) is 0 Å². The van der Waals surface area contributed by atoms with Gasteiger partial charge in [-0.3, -0.25) is 4.79 Å². The maximum Gasteiger partial charge on any atom is 0.227 e. The van der Waals surface area contributed by atoms with Crippen LogP contribution in [0.25, 0.3) is 0 Å². The van der Waals surface area contributed by atoms with Crippen molar-refractivity contribution in [1.82, 2.24) is 10.1 Å². The minimum Gasteiger partial charge on any atom is -0.361 e. The Labute approximate surface area is 164 Å². The van der Waals surface area contributed by atoms with Crippen LogP contribution in [-0.4, -0.2) is 42.1 Å². The van der Waals surface area contributed by atoms with E-state index in [-0.39, 0.29) is 5.91 Å². The van der Waals surface area contributed by atoms with Gasteiger partial charge in [0.15, 0.2) is 0 Å². The summed E-state index contributed by atoms with van der Waals surface area (Å²) >= 11 is 3.51. The second kappa shape index (κ2) is 9.88. The highest BCUT2D eigenvalue weighted by atomic mass is 79.9. The van der Waals surface area contributed by atoms with E-state index in [1.165, 1.54) is 0 Å². The first kappa shape index (κ1) is 20.6. The predicted molar refractivity (Wildman–Crippen MR) is 109 cm³/mol. The fourth-order valence-electron chi connectivity index (χ4n) is 3.05. The highest BCUT2D eigenvalue weighted by Crippen LogP contribution is 2.22. The summed E-state index contributed by atoms with van der Waals surface area (Å²) in [5.74, 6) is 0.919. The number of benzene rings is 1. The molecule has 0 fully saturated rings. The number of likely N-dealkylation sites (N-methyl/N-ethyl adjacent to an activating group) is 1. The van der Waals surface area contributed by atoms with Crippen molar-refractivity contribution in [2.75, 3.05) is 31.1 Å². The van der Waals surface area contributed by atoms with Crippen LogP contribution in [0, 0.1) is 13.8 Å². The molecule has 0 unspecified atom stereocenters. The molecule has 6 heteroatoms. The first-order valence-electron chi connectivity index (χ1n) is 9.16. The van der Waals surface area contributed by atoms with Gasteiger partial charge < -0.3 is 14.3 Å². The summed E-state index contributed by atoms with van der Waals surface area (Å²) < 4.78 is 6.18. The molecule has 1 aromatic carbocycles. The summed E-state index contributed by atoms with van der Waals surface area (Å²) in [5.41, 5.74) is 2.83. The van der Waals surface area contributed by atoms with E-state index in [0.717, 1.165) is 46.8 Å². The molecule has 0 aliphatic rings. The third-order valence-electron chi connectivity index (χ3n) is 4.73. The van der Waals surface area contributed by atoms with Gasteiger partial charge in [0.25, 0.3) is 0 Å². The number of aromatic nitrogens is 1. The SMILES string of the molecule is CCN(CC)CCN(C(=O)CCc1c(C)noc1C)c1cccc(Br)c1. The van der Waals surface area contributed by atoms with E-state index < -0.39 is 0 Å². The van der Waals surface area contributed by atoms with Crippen LogP contribution in [0.2, 0.25) is 0 Å². The van der Waals surface area contributed by atoms with Gasteiger partial charge in [0, 0.05) is 35.2 Å². The normalized spacial score (nSPS) is 11.2. The number of anilines is 1. The van der Waals surface area contributed by atoms with Crippen LogP contribution in [0.5, 0.6) is 0 Å². The second-order valence-corrected chi connectivity index (χ2v) is 7.27. The first-order valence-corrected chi connectivity index (χ1v) is 9.95. The first-order chi connectivity index (χ1) is 12.5. The van der Waals surface area contributed by atoms with Crippen LogP contribution in [0.1, 0.15) is 37.3 Å². The summed E-state index contributed by atoms with van der Waals surface area (Å²) in [6, 6.07) is 7.92. The Kier molecular flexibility index (Phi) is 7.85. The molecule has 1 amide bonds. The van der Waals surface area contributed by atoms with Crippen LogP contribution in [0.3, 0.4) is 0 Å². The monoisotopic (exact) mass is 421 g/mol. The molecule has 0 aliphatic carbocycles. The van der Waals surface area contributed by atoms with Gasteiger partial charge >= 0.3 is 0 Å². The number of nitrogens with zero attached hydrogens (tertiary/aromatic N) is 3.